The Morgan fingerprint density at radius 3 is 2.46 bits per heavy atom. The number of phosphoric ester groups is 1. The van der Waals surface area contributed by atoms with Gasteiger partial charge >= 0.3 is 7.82 Å². The summed E-state index contributed by atoms with van der Waals surface area (Å²) in [5.41, 5.74) is 0.600. The van der Waals surface area contributed by atoms with E-state index in [1.54, 1.807) is 18.2 Å². The quantitative estimate of drug-likeness (QED) is 0.446. The Kier molecular flexibility index (Phi) is 5.62. The summed E-state index contributed by atoms with van der Waals surface area (Å²) >= 11 is 0. The zero-order valence-corrected chi connectivity index (χ0v) is 13.5. The number of Topliss-reactive ketones (excluding diaryl/α,β-unsaturated/α-hetero) is 1. The first-order valence-corrected chi connectivity index (χ1v) is 8.67. The lowest BCUT2D eigenvalue weighted by Crippen LogP contribution is -2.04. The monoisotopic (exact) mass is 352 g/mol. The van der Waals surface area contributed by atoms with Gasteiger partial charge in [0.15, 0.2) is 5.78 Å². The van der Waals surface area contributed by atoms with Crippen LogP contribution in [-0.2, 0) is 11.0 Å². The van der Waals surface area contributed by atoms with Crippen molar-refractivity contribution in [1.82, 2.24) is 0 Å². The molecule has 0 aromatic heterocycles. The van der Waals surface area contributed by atoms with Gasteiger partial charge in [0.2, 0.25) is 0 Å². The van der Waals surface area contributed by atoms with Crippen molar-refractivity contribution < 1.29 is 33.9 Å². The van der Waals surface area contributed by atoms with Crippen LogP contribution in [0.4, 0.5) is 0 Å². The Hall–Kier alpha value is -2.34. The number of aromatic hydroxyl groups is 2. The lowest BCUT2D eigenvalue weighted by atomic mass is 10.0. The first-order valence-electron chi connectivity index (χ1n) is 7.14. The van der Waals surface area contributed by atoms with Crippen molar-refractivity contribution >= 4 is 13.6 Å². The summed E-state index contributed by atoms with van der Waals surface area (Å²) in [6.07, 6.45) is 1.01. The predicted octanol–water partition coefficient (Wildman–Crippen LogP) is 2.77. The Bertz CT molecular complexity index is 782. The van der Waals surface area contributed by atoms with Crippen LogP contribution in [-0.4, -0.2) is 25.8 Å². The lowest BCUT2D eigenvalue weighted by Gasteiger charge is -2.12. The smallest absolute Gasteiger partial charge is 0.508 e. The number of rotatable bonds is 7. The minimum absolute atomic E-state index is 0.0464. The lowest BCUT2D eigenvalue weighted by molar-refractivity contribution is 0.0975. The van der Waals surface area contributed by atoms with E-state index >= 15 is 0 Å². The number of carbonyl (C=O) groups is 1. The van der Waals surface area contributed by atoms with Crippen LogP contribution >= 0.6 is 7.82 Å². The third-order valence-electron chi connectivity index (χ3n) is 3.28. The molecule has 128 valence electrons. The maximum absolute atomic E-state index is 12.3. The van der Waals surface area contributed by atoms with Gasteiger partial charge in [-0.15, -0.1) is 0 Å². The van der Waals surface area contributed by atoms with Gasteiger partial charge in [0.05, 0.1) is 0 Å². The molecule has 0 unspecified atom stereocenters. The molecule has 4 N–H and O–H groups in total. The molecule has 0 aliphatic rings. The molecule has 0 radical (unpaired) electrons. The summed E-state index contributed by atoms with van der Waals surface area (Å²) < 4.78 is 15.4. The molecule has 0 aliphatic heterocycles. The summed E-state index contributed by atoms with van der Waals surface area (Å²) in [4.78, 5) is 30.1. The van der Waals surface area contributed by atoms with Gasteiger partial charge in [-0.1, -0.05) is 18.2 Å². The average molecular weight is 352 g/mol. The van der Waals surface area contributed by atoms with Crippen molar-refractivity contribution in [2.75, 3.05) is 0 Å². The van der Waals surface area contributed by atoms with Crippen LogP contribution in [0, 0.1) is 0 Å². The normalized spacial score (nSPS) is 11.2. The van der Waals surface area contributed by atoms with Crippen molar-refractivity contribution in [1.29, 1.82) is 0 Å². The van der Waals surface area contributed by atoms with Crippen LogP contribution in [0.1, 0.15) is 28.8 Å². The van der Waals surface area contributed by atoms with Gasteiger partial charge in [0.25, 0.3) is 0 Å². The van der Waals surface area contributed by atoms with Crippen molar-refractivity contribution in [3.8, 4) is 17.2 Å². The molecule has 0 heterocycles. The number of carbonyl (C=O) groups excluding carboxylic acids is 1. The van der Waals surface area contributed by atoms with Crippen molar-refractivity contribution in [3.63, 3.8) is 0 Å². The van der Waals surface area contributed by atoms with Gasteiger partial charge in [-0.3, -0.25) is 14.6 Å². The highest BCUT2D eigenvalue weighted by Gasteiger charge is 2.23. The molecule has 0 saturated heterocycles. The SMILES string of the molecule is O=C(CCCc1cccc(O)c1)c1c(O)cccc1OP(=O)(O)O. The van der Waals surface area contributed by atoms with E-state index in [0.717, 1.165) is 5.56 Å². The van der Waals surface area contributed by atoms with Crippen LogP contribution in [0.15, 0.2) is 42.5 Å². The molecule has 2 aromatic carbocycles. The van der Waals surface area contributed by atoms with Gasteiger partial charge in [0, 0.05) is 6.42 Å². The van der Waals surface area contributed by atoms with E-state index in [1.807, 2.05) is 6.07 Å². The van der Waals surface area contributed by atoms with E-state index in [4.69, 9.17) is 9.79 Å². The minimum Gasteiger partial charge on any atom is -0.508 e. The van der Waals surface area contributed by atoms with E-state index < -0.39 is 19.4 Å². The van der Waals surface area contributed by atoms with Gasteiger partial charge in [0.1, 0.15) is 22.8 Å². The summed E-state index contributed by atoms with van der Waals surface area (Å²) in [5.74, 6) is -1.11. The molecule has 0 amide bonds. The number of hydrogen-bond donors (Lipinski definition) is 4. The largest absolute Gasteiger partial charge is 0.524 e. The van der Waals surface area contributed by atoms with E-state index in [2.05, 4.69) is 4.52 Å². The summed E-state index contributed by atoms with van der Waals surface area (Å²) in [6.45, 7) is 0. The maximum Gasteiger partial charge on any atom is 0.524 e. The van der Waals surface area contributed by atoms with E-state index in [-0.39, 0.29) is 23.5 Å². The van der Waals surface area contributed by atoms with Crippen LogP contribution in [0.3, 0.4) is 0 Å². The van der Waals surface area contributed by atoms with Crippen LogP contribution in [0.25, 0.3) is 0 Å². The van der Waals surface area contributed by atoms with Gasteiger partial charge in [-0.25, -0.2) is 4.57 Å². The van der Waals surface area contributed by atoms with Crippen LogP contribution in [0.5, 0.6) is 17.2 Å². The summed E-state index contributed by atoms with van der Waals surface area (Å²) in [6, 6.07) is 10.4. The zero-order valence-electron chi connectivity index (χ0n) is 12.6. The fourth-order valence-electron chi connectivity index (χ4n) is 2.29. The molecule has 2 rings (SSSR count). The average Bonchev–Trinajstić information content (AvgIpc) is 2.45. The van der Waals surface area contributed by atoms with Crippen molar-refractivity contribution in [2.24, 2.45) is 0 Å². The van der Waals surface area contributed by atoms with Crippen LogP contribution in [0.2, 0.25) is 0 Å². The highest BCUT2D eigenvalue weighted by molar-refractivity contribution is 7.46. The van der Waals surface area contributed by atoms with Gasteiger partial charge < -0.3 is 14.7 Å². The summed E-state index contributed by atoms with van der Waals surface area (Å²) in [5, 5.41) is 19.2. The third-order valence-corrected chi connectivity index (χ3v) is 3.71. The first kappa shape index (κ1) is 18.0. The Balaban J connectivity index is 2.08. The molecule has 0 atom stereocenters. The zero-order chi connectivity index (χ0) is 17.7. The van der Waals surface area contributed by atoms with E-state index in [1.165, 1.54) is 18.2 Å². The first-order chi connectivity index (χ1) is 11.3. The molecule has 8 heteroatoms. The summed E-state index contributed by atoms with van der Waals surface area (Å²) in [7, 11) is -4.84. The molecule has 0 spiro atoms. The van der Waals surface area contributed by atoms with Crippen LogP contribution < -0.4 is 4.52 Å². The fraction of sp³-hybridized carbons (Fsp3) is 0.188. The van der Waals surface area contributed by atoms with Gasteiger partial charge in [-0.2, -0.15) is 0 Å². The maximum atomic E-state index is 12.3. The highest BCUT2D eigenvalue weighted by Crippen LogP contribution is 2.41. The minimum atomic E-state index is -4.84. The van der Waals surface area contributed by atoms with E-state index in [9.17, 15) is 19.6 Å². The molecule has 7 nitrogen and oxygen atoms in total. The fourth-order valence-corrected chi connectivity index (χ4v) is 2.70. The molecule has 24 heavy (non-hydrogen) atoms. The Morgan fingerprint density at radius 1 is 1.08 bits per heavy atom. The molecule has 0 saturated carbocycles. The molecular formula is C16H17O7P. The molecule has 0 aliphatic carbocycles. The second-order valence-electron chi connectivity index (χ2n) is 5.18. The highest BCUT2D eigenvalue weighted by atomic mass is 31.2. The second kappa shape index (κ2) is 7.49. The number of hydrogen-bond acceptors (Lipinski definition) is 5. The number of aryl methyl sites for hydroxylation is 1. The predicted molar refractivity (Wildman–Crippen MR) is 86.2 cm³/mol. The number of phenolic OH excluding ortho intramolecular Hbond substituents is 2. The Labute approximate surface area is 138 Å². The molecule has 0 fully saturated rings. The number of phosphoric acid groups is 1. The third kappa shape index (κ3) is 5.09. The standard InChI is InChI=1S/C16H17O7P/c17-12-6-1-4-11(10-12)5-2-7-13(18)16-14(19)8-3-9-15(16)23-24(20,21)22/h1,3-4,6,8-10,17,19H,2,5,7H2,(H2,20,21,22). The van der Waals surface area contributed by atoms with Crippen molar-refractivity contribution in [3.05, 3.63) is 53.6 Å². The number of benzene rings is 2. The van der Waals surface area contributed by atoms with Gasteiger partial charge in [-0.05, 0) is 42.7 Å². The second-order valence-corrected chi connectivity index (χ2v) is 6.34. The van der Waals surface area contributed by atoms with E-state index in [0.29, 0.717) is 12.8 Å². The molecule has 0 bridgehead atoms. The molecular weight excluding hydrogens is 335 g/mol. The topological polar surface area (TPSA) is 124 Å². The van der Waals surface area contributed by atoms with Crippen molar-refractivity contribution in [2.45, 2.75) is 19.3 Å². The molecule has 2 aromatic rings. The Morgan fingerprint density at radius 2 is 1.79 bits per heavy atom. The number of phenols is 2. The number of ketones is 1.